The molecule has 0 spiro atoms. The third-order valence-electron chi connectivity index (χ3n) is 3.26. The number of hydrogen-bond donors (Lipinski definition) is 1. The fraction of sp³-hybridized carbons (Fsp3) is 1.00. The van der Waals surface area contributed by atoms with Crippen LogP contribution in [0.25, 0.3) is 0 Å². The molecular weight excluding hydrogens is 196 g/mol. The Hall–Kier alpha value is -0.0800. The van der Waals surface area contributed by atoms with E-state index in [1.54, 1.807) is 0 Å². The van der Waals surface area contributed by atoms with Gasteiger partial charge in [0.25, 0.3) is 0 Å². The Bertz CT molecular complexity index is 164. The fourth-order valence-electron chi connectivity index (χ4n) is 2.28. The molecule has 1 N–H and O–H groups in total. The maximum Gasteiger partial charge on any atom is 0.00965 e. The summed E-state index contributed by atoms with van der Waals surface area (Å²) in [5.41, 5.74) is 0.280. The van der Waals surface area contributed by atoms with Crippen molar-refractivity contribution in [3.8, 4) is 0 Å². The number of hydrogen-bond acceptors (Lipinski definition) is 2. The van der Waals surface area contributed by atoms with Gasteiger partial charge in [-0.15, -0.1) is 0 Å². The van der Waals surface area contributed by atoms with Crippen molar-refractivity contribution in [3.05, 3.63) is 0 Å². The van der Waals surface area contributed by atoms with Crippen molar-refractivity contribution in [1.29, 1.82) is 0 Å². The Morgan fingerprint density at radius 2 is 1.56 bits per heavy atom. The molecule has 1 heterocycles. The Morgan fingerprint density at radius 3 is 2.12 bits per heavy atom. The number of nitrogens with one attached hydrogen (secondary N) is 1. The van der Waals surface area contributed by atoms with Crippen molar-refractivity contribution in [2.24, 2.45) is 0 Å². The third kappa shape index (κ3) is 7.24. The summed E-state index contributed by atoms with van der Waals surface area (Å²) in [4.78, 5) is 2.66. The fourth-order valence-corrected chi connectivity index (χ4v) is 2.28. The van der Waals surface area contributed by atoms with Gasteiger partial charge in [0.1, 0.15) is 0 Å². The van der Waals surface area contributed by atoms with Crippen LogP contribution in [0.5, 0.6) is 0 Å². The average Bonchev–Trinajstić information content (AvgIpc) is 2.44. The van der Waals surface area contributed by atoms with Gasteiger partial charge in [0.2, 0.25) is 0 Å². The number of likely N-dealkylation sites (tertiary alicyclic amines) is 1. The molecule has 0 aromatic heterocycles. The number of rotatable bonds is 5. The monoisotopic (exact) mass is 226 g/mol. The first-order valence-corrected chi connectivity index (χ1v) is 7.05. The van der Waals surface area contributed by atoms with Crippen LogP contribution in [0.2, 0.25) is 0 Å². The standard InChI is InChI=1S/C14H30N2/c1-14(2,3)15-10-6-9-13-16-11-7-4-5-8-12-16/h15H,4-13H2,1-3H3. The van der Waals surface area contributed by atoms with Gasteiger partial charge in [-0.1, -0.05) is 12.8 Å². The predicted octanol–water partition coefficient (Wildman–Crippen LogP) is 3.03. The zero-order valence-electron chi connectivity index (χ0n) is 11.5. The lowest BCUT2D eigenvalue weighted by Crippen LogP contribution is -2.36. The minimum atomic E-state index is 0.280. The van der Waals surface area contributed by atoms with Gasteiger partial charge < -0.3 is 10.2 Å². The highest BCUT2D eigenvalue weighted by Crippen LogP contribution is 2.10. The maximum absolute atomic E-state index is 3.55. The smallest absolute Gasteiger partial charge is 0.00965 e. The van der Waals surface area contributed by atoms with Crippen LogP contribution in [0.1, 0.15) is 59.3 Å². The van der Waals surface area contributed by atoms with Gasteiger partial charge in [-0.05, 0) is 72.6 Å². The van der Waals surface area contributed by atoms with E-state index in [9.17, 15) is 0 Å². The minimum absolute atomic E-state index is 0.280. The highest BCUT2D eigenvalue weighted by molar-refractivity contribution is 4.70. The molecule has 0 unspecified atom stereocenters. The van der Waals surface area contributed by atoms with Crippen LogP contribution >= 0.6 is 0 Å². The van der Waals surface area contributed by atoms with E-state index in [4.69, 9.17) is 0 Å². The normalized spacial score (nSPS) is 19.7. The molecular formula is C14H30N2. The highest BCUT2D eigenvalue weighted by atomic mass is 15.1. The zero-order chi connectivity index (χ0) is 11.9. The molecule has 0 amide bonds. The molecule has 0 aromatic rings. The van der Waals surface area contributed by atoms with Gasteiger partial charge in [0.15, 0.2) is 0 Å². The van der Waals surface area contributed by atoms with E-state index in [2.05, 4.69) is 31.0 Å². The van der Waals surface area contributed by atoms with Gasteiger partial charge in [0.05, 0.1) is 0 Å². The molecule has 1 fully saturated rings. The molecule has 0 aliphatic carbocycles. The molecule has 1 saturated heterocycles. The summed E-state index contributed by atoms with van der Waals surface area (Å²) in [5, 5.41) is 3.55. The second-order valence-corrected chi connectivity index (χ2v) is 6.14. The first-order chi connectivity index (χ1) is 7.58. The zero-order valence-corrected chi connectivity index (χ0v) is 11.5. The van der Waals surface area contributed by atoms with E-state index in [0.29, 0.717) is 0 Å². The van der Waals surface area contributed by atoms with Crippen LogP contribution < -0.4 is 5.32 Å². The molecule has 0 saturated carbocycles. The molecule has 1 aliphatic rings. The SMILES string of the molecule is CC(C)(C)NCCCCN1CCCCCC1. The minimum Gasteiger partial charge on any atom is -0.312 e. The van der Waals surface area contributed by atoms with Crippen molar-refractivity contribution < 1.29 is 0 Å². The van der Waals surface area contributed by atoms with E-state index in [0.717, 1.165) is 6.54 Å². The van der Waals surface area contributed by atoms with Gasteiger partial charge >= 0.3 is 0 Å². The molecule has 2 nitrogen and oxygen atoms in total. The molecule has 0 bridgehead atoms. The van der Waals surface area contributed by atoms with Crippen molar-refractivity contribution >= 4 is 0 Å². The molecule has 16 heavy (non-hydrogen) atoms. The summed E-state index contributed by atoms with van der Waals surface area (Å²) >= 11 is 0. The van der Waals surface area contributed by atoms with Crippen LogP contribution in [-0.2, 0) is 0 Å². The summed E-state index contributed by atoms with van der Waals surface area (Å²) in [6.07, 6.45) is 8.39. The van der Waals surface area contributed by atoms with Crippen molar-refractivity contribution in [3.63, 3.8) is 0 Å². The topological polar surface area (TPSA) is 15.3 Å². The number of nitrogens with zero attached hydrogens (tertiary/aromatic N) is 1. The van der Waals surface area contributed by atoms with Crippen LogP contribution in [0.4, 0.5) is 0 Å². The van der Waals surface area contributed by atoms with Crippen LogP contribution in [0.15, 0.2) is 0 Å². The van der Waals surface area contributed by atoms with E-state index >= 15 is 0 Å². The molecule has 0 radical (unpaired) electrons. The second-order valence-electron chi connectivity index (χ2n) is 6.14. The van der Waals surface area contributed by atoms with Crippen LogP contribution in [0, 0.1) is 0 Å². The van der Waals surface area contributed by atoms with Crippen LogP contribution in [-0.4, -0.2) is 36.6 Å². The average molecular weight is 226 g/mol. The molecule has 2 heteroatoms. The molecule has 1 rings (SSSR count). The molecule has 0 aromatic carbocycles. The van der Waals surface area contributed by atoms with Crippen molar-refractivity contribution in [1.82, 2.24) is 10.2 Å². The van der Waals surface area contributed by atoms with Gasteiger partial charge in [-0.2, -0.15) is 0 Å². The Balaban J connectivity index is 1.97. The lowest BCUT2D eigenvalue weighted by atomic mass is 10.1. The Kier molecular flexibility index (Phi) is 6.37. The molecule has 0 atom stereocenters. The Labute approximate surface area is 102 Å². The third-order valence-corrected chi connectivity index (χ3v) is 3.26. The molecule has 96 valence electrons. The summed E-state index contributed by atoms with van der Waals surface area (Å²) in [6.45, 7) is 11.9. The van der Waals surface area contributed by atoms with E-state index in [1.165, 1.54) is 58.2 Å². The predicted molar refractivity (Wildman–Crippen MR) is 71.9 cm³/mol. The highest BCUT2D eigenvalue weighted by Gasteiger charge is 2.09. The summed E-state index contributed by atoms with van der Waals surface area (Å²) in [5.74, 6) is 0. The quantitative estimate of drug-likeness (QED) is 0.725. The lowest BCUT2D eigenvalue weighted by Gasteiger charge is -2.22. The summed E-state index contributed by atoms with van der Waals surface area (Å²) < 4.78 is 0. The van der Waals surface area contributed by atoms with Crippen LogP contribution in [0.3, 0.4) is 0 Å². The van der Waals surface area contributed by atoms with E-state index in [-0.39, 0.29) is 5.54 Å². The number of unbranched alkanes of at least 4 members (excludes halogenated alkanes) is 1. The maximum atomic E-state index is 3.55. The summed E-state index contributed by atoms with van der Waals surface area (Å²) in [7, 11) is 0. The van der Waals surface area contributed by atoms with Crippen molar-refractivity contribution in [2.75, 3.05) is 26.2 Å². The van der Waals surface area contributed by atoms with Gasteiger partial charge in [-0.3, -0.25) is 0 Å². The first-order valence-electron chi connectivity index (χ1n) is 7.05. The van der Waals surface area contributed by atoms with Gasteiger partial charge in [-0.25, -0.2) is 0 Å². The van der Waals surface area contributed by atoms with E-state index < -0.39 is 0 Å². The summed E-state index contributed by atoms with van der Waals surface area (Å²) in [6, 6.07) is 0. The largest absolute Gasteiger partial charge is 0.312 e. The second kappa shape index (κ2) is 7.29. The molecule has 1 aliphatic heterocycles. The van der Waals surface area contributed by atoms with Gasteiger partial charge in [0, 0.05) is 5.54 Å². The lowest BCUT2D eigenvalue weighted by molar-refractivity contribution is 0.276. The van der Waals surface area contributed by atoms with E-state index in [1.807, 2.05) is 0 Å². The van der Waals surface area contributed by atoms with Crippen molar-refractivity contribution in [2.45, 2.75) is 64.8 Å². The first kappa shape index (κ1) is 14.0. The Morgan fingerprint density at radius 1 is 0.938 bits per heavy atom.